The molecule has 0 radical (unpaired) electrons. The van der Waals surface area contributed by atoms with Crippen LogP contribution in [0.5, 0.6) is 0 Å². The zero-order valence-corrected chi connectivity index (χ0v) is 8.38. The van der Waals surface area contributed by atoms with E-state index in [1.807, 2.05) is 0 Å². The van der Waals surface area contributed by atoms with Crippen LogP contribution in [0, 0.1) is 0 Å². The molecule has 0 aromatic rings. The van der Waals surface area contributed by atoms with Crippen LogP contribution in [0.4, 0.5) is 4.39 Å². The Morgan fingerprint density at radius 2 is 1.80 bits per heavy atom. The lowest BCUT2D eigenvalue weighted by atomic mass is 10.0. The van der Waals surface area contributed by atoms with Crippen LogP contribution in [0.2, 0.25) is 0 Å². The zero-order chi connectivity index (χ0) is 8.04. The van der Waals surface area contributed by atoms with Gasteiger partial charge in [-0.05, 0) is 26.7 Å². The van der Waals surface area contributed by atoms with Crippen LogP contribution in [-0.2, 0) is 0 Å². The van der Waals surface area contributed by atoms with Crippen molar-refractivity contribution in [3.63, 3.8) is 0 Å². The molecule has 0 heterocycles. The highest BCUT2D eigenvalue weighted by Gasteiger charge is 2.13. The second kappa shape index (κ2) is 5.11. The Hall–Kier alpha value is 0.410. The summed E-state index contributed by atoms with van der Waals surface area (Å²) in [5, 5.41) is 1.04. The van der Waals surface area contributed by atoms with Crippen molar-refractivity contribution in [1.29, 1.82) is 0 Å². The van der Waals surface area contributed by atoms with Crippen LogP contribution in [-0.4, -0.2) is 11.0 Å². The third kappa shape index (κ3) is 8.41. The van der Waals surface area contributed by atoms with Gasteiger partial charge in [0, 0.05) is 5.33 Å². The second-order valence-electron chi connectivity index (χ2n) is 3.22. The molecule has 0 aromatic carbocycles. The number of hydrogen-bond donors (Lipinski definition) is 0. The molecule has 0 aromatic heterocycles. The first-order chi connectivity index (χ1) is 4.56. The van der Waals surface area contributed by atoms with E-state index < -0.39 is 5.67 Å². The Morgan fingerprint density at radius 3 is 2.20 bits per heavy atom. The van der Waals surface area contributed by atoms with Crippen molar-refractivity contribution in [2.75, 3.05) is 5.33 Å². The van der Waals surface area contributed by atoms with E-state index in [1.165, 1.54) is 0 Å². The summed E-state index contributed by atoms with van der Waals surface area (Å²) in [6.07, 6.45) is 4.00. The first kappa shape index (κ1) is 10.4. The molecule has 0 spiro atoms. The fraction of sp³-hybridized carbons (Fsp3) is 1.00. The molecular formula is C8H16BrF. The van der Waals surface area contributed by atoms with E-state index in [0.717, 1.165) is 24.6 Å². The summed E-state index contributed by atoms with van der Waals surface area (Å²) in [5.74, 6) is 0. The Bertz CT molecular complexity index is 75.8. The van der Waals surface area contributed by atoms with Crippen molar-refractivity contribution in [3.8, 4) is 0 Å². The fourth-order valence-corrected chi connectivity index (χ4v) is 1.21. The molecule has 0 saturated heterocycles. The number of rotatable bonds is 5. The van der Waals surface area contributed by atoms with Crippen LogP contribution < -0.4 is 0 Å². The standard InChI is InChI=1S/C8H16BrF/c1-8(2,10)6-4-3-5-7-9/h3-7H2,1-2H3. The molecule has 2 heteroatoms. The van der Waals surface area contributed by atoms with Crippen molar-refractivity contribution in [3.05, 3.63) is 0 Å². The predicted octanol–water partition coefficient (Wildman–Crippen LogP) is 3.69. The highest BCUT2D eigenvalue weighted by Crippen LogP contribution is 2.17. The van der Waals surface area contributed by atoms with Gasteiger partial charge >= 0.3 is 0 Å². The van der Waals surface area contributed by atoms with Gasteiger partial charge in [0.1, 0.15) is 5.67 Å². The number of hydrogen-bond acceptors (Lipinski definition) is 0. The maximum atomic E-state index is 12.8. The van der Waals surface area contributed by atoms with E-state index in [9.17, 15) is 4.39 Å². The highest BCUT2D eigenvalue weighted by molar-refractivity contribution is 9.09. The monoisotopic (exact) mass is 210 g/mol. The van der Waals surface area contributed by atoms with E-state index in [-0.39, 0.29) is 0 Å². The topological polar surface area (TPSA) is 0 Å². The third-order valence-electron chi connectivity index (χ3n) is 1.40. The smallest absolute Gasteiger partial charge is 0.105 e. The van der Waals surface area contributed by atoms with Gasteiger partial charge in [0.15, 0.2) is 0 Å². The Kier molecular flexibility index (Phi) is 5.32. The minimum atomic E-state index is -0.966. The lowest BCUT2D eigenvalue weighted by molar-refractivity contribution is 0.196. The largest absolute Gasteiger partial charge is 0.245 e. The molecule has 0 aliphatic carbocycles. The summed E-state index contributed by atoms with van der Waals surface area (Å²) >= 11 is 3.34. The highest BCUT2D eigenvalue weighted by atomic mass is 79.9. The summed E-state index contributed by atoms with van der Waals surface area (Å²) < 4.78 is 12.8. The van der Waals surface area contributed by atoms with Gasteiger partial charge < -0.3 is 0 Å². The van der Waals surface area contributed by atoms with Gasteiger partial charge in [0.2, 0.25) is 0 Å². The van der Waals surface area contributed by atoms with Gasteiger partial charge in [0.25, 0.3) is 0 Å². The average molecular weight is 211 g/mol. The third-order valence-corrected chi connectivity index (χ3v) is 1.97. The van der Waals surface area contributed by atoms with Crippen LogP contribution in [0.3, 0.4) is 0 Å². The quantitative estimate of drug-likeness (QED) is 0.480. The number of alkyl halides is 2. The number of halogens is 2. The molecule has 0 bridgehead atoms. The van der Waals surface area contributed by atoms with Gasteiger partial charge in [-0.1, -0.05) is 28.8 Å². The lowest BCUT2D eigenvalue weighted by Gasteiger charge is -2.12. The van der Waals surface area contributed by atoms with Gasteiger partial charge in [-0.2, -0.15) is 0 Å². The predicted molar refractivity (Wildman–Crippen MR) is 47.4 cm³/mol. The zero-order valence-electron chi connectivity index (χ0n) is 6.79. The van der Waals surface area contributed by atoms with Crippen molar-refractivity contribution < 1.29 is 4.39 Å². The van der Waals surface area contributed by atoms with Gasteiger partial charge in [-0.3, -0.25) is 0 Å². The van der Waals surface area contributed by atoms with Crippen LogP contribution in [0.1, 0.15) is 39.5 Å². The first-order valence-electron chi connectivity index (χ1n) is 3.81. The van der Waals surface area contributed by atoms with E-state index >= 15 is 0 Å². The van der Waals surface area contributed by atoms with Crippen LogP contribution >= 0.6 is 15.9 Å². The summed E-state index contributed by atoms with van der Waals surface area (Å²) in [7, 11) is 0. The molecule has 0 nitrogen and oxygen atoms in total. The van der Waals surface area contributed by atoms with E-state index in [4.69, 9.17) is 0 Å². The van der Waals surface area contributed by atoms with Gasteiger partial charge in [-0.25, -0.2) is 4.39 Å². The van der Waals surface area contributed by atoms with Crippen molar-refractivity contribution in [2.45, 2.75) is 45.2 Å². The molecule has 0 aliphatic heterocycles. The molecule has 0 saturated carbocycles. The molecule has 0 fully saturated rings. The average Bonchev–Trinajstić information content (AvgIpc) is 1.78. The summed E-state index contributed by atoms with van der Waals surface area (Å²) in [6, 6.07) is 0. The Balaban J connectivity index is 3.04. The molecule has 0 N–H and O–H groups in total. The minimum Gasteiger partial charge on any atom is -0.245 e. The molecule has 0 aliphatic rings. The molecule has 0 rings (SSSR count). The van der Waals surface area contributed by atoms with Gasteiger partial charge in [-0.15, -0.1) is 0 Å². The summed E-state index contributed by atoms with van der Waals surface area (Å²) in [6.45, 7) is 3.28. The van der Waals surface area contributed by atoms with Crippen LogP contribution in [0.15, 0.2) is 0 Å². The SMILES string of the molecule is CC(C)(F)CCCCCBr. The van der Waals surface area contributed by atoms with E-state index in [0.29, 0.717) is 6.42 Å². The van der Waals surface area contributed by atoms with E-state index in [2.05, 4.69) is 15.9 Å². The molecule has 0 atom stereocenters. The second-order valence-corrected chi connectivity index (χ2v) is 4.01. The van der Waals surface area contributed by atoms with Crippen LogP contribution in [0.25, 0.3) is 0 Å². The molecular weight excluding hydrogens is 195 g/mol. The fourth-order valence-electron chi connectivity index (χ4n) is 0.817. The molecule has 10 heavy (non-hydrogen) atoms. The van der Waals surface area contributed by atoms with Crippen molar-refractivity contribution >= 4 is 15.9 Å². The Labute approximate surface area is 71.3 Å². The molecule has 0 unspecified atom stereocenters. The maximum Gasteiger partial charge on any atom is 0.105 e. The van der Waals surface area contributed by atoms with E-state index in [1.54, 1.807) is 13.8 Å². The molecule has 62 valence electrons. The number of unbranched alkanes of at least 4 members (excludes halogenated alkanes) is 2. The van der Waals surface area contributed by atoms with Gasteiger partial charge in [0.05, 0.1) is 0 Å². The summed E-state index contributed by atoms with van der Waals surface area (Å²) in [4.78, 5) is 0. The summed E-state index contributed by atoms with van der Waals surface area (Å²) in [5.41, 5.74) is -0.966. The Morgan fingerprint density at radius 1 is 1.20 bits per heavy atom. The maximum absolute atomic E-state index is 12.8. The molecule has 0 amide bonds. The lowest BCUT2D eigenvalue weighted by Crippen LogP contribution is -2.10. The van der Waals surface area contributed by atoms with Crippen molar-refractivity contribution in [1.82, 2.24) is 0 Å². The van der Waals surface area contributed by atoms with Crippen molar-refractivity contribution in [2.24, 2.45) is 0 Å². The minimum absolute atomic E-state index is 0.694. The first-order valence-corrected chi connectivity index (χ1v) is 4.93. The normalized spacial score (nSPS) is 12.0.